The third-order valence-electron chi connectivity index (χ3n) is 6.44. The van der Waals surface area contributed by atoms with Crippen molar-refractivity contribution in [2.45, 2.75) is 68.9 Å². The van der Waals surface area contributed by atoms with E-state index in [9.17, 15) is 30.6 Å². The fraction of sp³-hybridized carbons (Fsp3) is 1.00. The molecule has 1 spiro atoms. The molecule has 2 saturated carbocycles. The van der Waals surface area contributed by atoms with E-state index in [0.717, 1.165) is 0 Å². The van der Waals surface area contributed by atoms with Gasteiger partial charge in [0.25, 0.3) is 0 Å². The number of aliphatic hydroxyl groups is 6. The zero-order valence-corrected chi connectivity index (χ0v) is 13.0. The molecule has 0 amide bonds. The van der Waals surface area contributed by atoms with Crippen LogP contribution in [0.2, 0.25) is 0 Å². The van der Waals surface area contributed by atoms with Gasteiger partial charge in [-0.1, -0.05) is 6.92 Å². The molecule has 7 nitrogen and oxygen atoms in total. The molecule has 0 aromatic carbocycles. The molecule has 3 rings (SSSR count). The third kappa shape index (κ3) is 1.51. The Morgan fingerprint density at radius 3 is 2.14 bits per heavy atom. The lowest BCUT2D eigenvalue weighted by Crippen LogP contribution is -2.79. The highest BCUT2D eigenvalue weighted by Crippen LogP contribution is 2.65. The summed E-state index contributed by atoms with van der Waals surface area (Å²) in [5.41, 5.74) is -4.10. The lowest BCUT2D eigenvalue weighted by molar-refractivity contribution is -0.326. The summed E-state index contributed by atoms with van der Waals surface area (Å²) >= 11 is 0. The van der Waals surface area contributed by atoms with Gasteiger partial charge in [-0.05, 0) is 26.2 Å². The van der Waals surface area contributed by atoms with Gasteiger partial charge in [0.15, 0.2) is 0 Å². The maximum atomic E-state index is 10.9. The summed E-state index contributed by atoms with van der Waals surface area (Å²) < 4.78 is 6.14. The van der Waals surface area contributed by atoms with Crippen molar-refractivity contribution in [2.24, 2.45) is 17.3 Å². The number of hydrogen-bond acceptors (Lipinski definition) is 7. The first-order valence-corrected chi connectivity index (χ1v) is 7.79. The maximum Gasteiger partial charge on any atom is 0.111 e. The number of aliphatic hydroxyl groups excluding tert-OH is 6. The fourth-order valence-corrected chi connectivity index (χ4v) is 5.49. The van der Waals surface area contributed by atoms with Gasteiger partial charge in [0.1, 0.15) is 5.60 Å². The van der Waals surface area contributed by atoms with Gasteiger partial charge in [0.2, 0.25) is 0 Å². The molecule has 6 N–H and O–H groups in total. The van der Waals surface area contributed by atoms with Gasteiger partial charge >= 0.3 is 0 Å². The second kappa shape index (κ2) is 4.63. The Morgan fingerprint density at radius 2 is 1.59 bits per heavy atom. The van der Waals surface area contributed by atoms with Crippen molar-refractivity contribution in [2.75, 3.05) is 6.61 Å². The fourth-order valence-electron chi connectivity index (χ4n) is 5.49. The second-order valence-corrected chi connectivity index (χ2v) is 7.75. The molecule has 9 unspecified atom stereocenters. The van der Waals surface area contributed by atoms with Crippen molar-refractivity contribution in [1.29, 1.82) is 0 Å². The summed E-state index contributed by atoms with van der Waals surface area (Å²) in [5, 5.41) is 62.8. The molecule has 9 atom stereocenters. The van der Waals surface area contributed by atoms with Crippen LogP contribution in [0.4, 0.5) is 0 Å². The molecule has 1 aliphatic heterocycles. The molecule has 22 heavy (non-hydrogen) atoms. The molecule has 0 aromatic rings. The van der Waals surface area contributed by atoms with Crippen LogP contribution >= 0.6 is 0 Å². The molecular formula is C15H26O7. The van der Waals surface area contributed by atoms with E-state index < -0.39 is 65.6 Å². The number of hydrogen-bond donors (Lipinski definition) is 6. The van der Waals surface area contributed by atoms with Crippen LogP contribution in [0.5, 0.6) is 0 Å². The molecule has 128 valence electrons. The number of fused-ring (bicyclic) bond motifs is 1. The molecule has 1 saturated heterocycles. The van der Waals surface area contributed by atoms with Gasteiger partial charge in [-0.2, -0.15) is 0 Å². The Balaban J connectivity index is 2.27. The predicted molar refractivity (Wildman–Crippen MR) is 74.7 cm³/mol. The van der Waals surface area contributed by atoms with Crippen LogP contribution in [-0.2, 0) is 4.74 Å². The van der Waals surface area contributed by atoms with E-state index in [2.05, 4.69) is 0 Å². The number of rotatable bonds is 1. The van der Waals surface area contributed by atoms with Crippen LogP contribution in [0.3, 0.4) is 0 Å². The summed E-state index contributed by atoms with van der Waals surface area (Å²) in [6.07, 6.45) is -6.57. The SMILES string of the molecule is CC1CC(O)C(O)C2(CO)C(O)C(O)C3C(O)C12OC3(C)C. The second-order valence-electron chi connectivity index (χ2n) is 7.75. The van der Waals surface area contributed by atoms with Crippen LogP contribution in [0.25, 0.3) is 0 Å². The highest BCUT2D eigenvalue weighted by atomic mass is 16.6. The number of ether oxygens (including phenoxy) is 1. The average Bonchev–Trinajstić information content (AvgIpc) is 2.61. The van der Waals surface area contributed by atoms with Crippen LogP contribution in [0, 0.1) is 17.3 Å². The van der Waals surface area contributed by atoms with Gasteiger partial charge in [0, 0.05) is 5.92 Å². The Labute approximate surface area is 129 Å². The van der Waals surface area contributed by atoms with Crippen LogP contribution in [0.1, 0.15) is 27.2 Å². The van der Waals surface area contributed by atoms with Crippen LogP contribution in [-0.4, -0.2) is 79.0 Å². The van der Waals surface area contributed by atoms with Gasteiger partial charge < -0.3 is 35.4 Å². The molecule has 3 fully saturated rings. The standard InChI is InChI=1S/C15H26O7/c1-6-4-7(17)10(19)14(5-16)12(21)9(18)8-11(20)15(6,14)22-13(8,2)3/h6-12,16-21H,4-5H2,1-3H3. The summed E-state index contributed by atoms with van der Waals surface area (Å²) in [6.45, 7) is 4.46. The van der Waals surface area contributed by atoms with Crippen molar-refractivity contribution < 1.29 is 35.4 Å². The van der Waals surface area contributed by atoms with E-state index in [0.29, 0.717) is 0 Å². The molecule has 7 heteroatoms. The van der Waals surface area contributed by atoms with E-state index >= 15 is 0 Å². The molecule has 3 aliphatic rings. The van der Waals surface area contributed by atoms with Gasteiger partial charge in [0.05, 0.1) is 48.1 Å². The first-order valence-electron chi connectivity index (χ1n) is 7.79. The van der Waals surface area contributed by atoms with E-state index in [-0.39, 0.29) is 6.42 Å². The zero-order chi connectivity index (χ0) is 16.7. The highest BCUT2D eigenvalue weighted by Gasteiger charge is 2.80. The van der Waals surface area contributed by atoms with Crippen molar-refractivity contribution in [3.63, 3.8) is 0 Å². The van der Waals surface area contributed by atoms with Crippen molar-refractivity contribution in [3.8, 4) is 0 Å². The van der Waals surface area contributed by atoms with Crippen LogP contribution < -0.4 is 0 Å². The maximum absolute atomic E-state index is 10.9. The minimum Gasteiger partial charge on any atom is -0.395 e. The monoisotopic (exact) mass is 318 g/mol. The largest absolute Gasteiger partial charge is 0.395 e. The van der Waals surface area contributed by atoms with Gasteiger partial charge in [-0.25, -0.2) is 0 Å². The molecule has 2 aliphatic carbocycles. The molecule has 2 bridgehead atoms. The summed E-state index contributed by atoms with van der Waals surface area (Å²) in [7, 11) is 0. The molecule has 1 heterocycles. The Kier molecular flexibility index (Phi) is 3.49. The summed E-state index contributed by atoms with van der Waals surface area (Å²) in [5.74, 6) is -1.16. The van der Waals surface area contributed by atoms with Crippen LogP contribution in [0.15, 0.2) is 0 Å². The van der Waals surface area contributed by atoms with Crippen molar-refractivity contribution in [3.05, 3.63) is 0 Å². The predicted octanol–water partition coefficient (Wildman–Crippen LogP) is -2.01. The summed E-state index contributed by atoms with van der Waals surface area (Å²) in [6, 6.07) is 0. The topological polar surface area (TPSA) is 131 Å². The lowest BCUT2D eigenvalue weighted by Gasteiger charge is -2.62. The third-order valence-corrected chi connectivity index (χ3v) is 6.44. The Morgan fingerprint density at radius 1 is 1.00 bits per heavy atom. The molecule has 0 radical (unpaired) electrons. The first-order chi connectivity index (χ1) is 10.1. The normalized spacial score (nSPS) is 60.1. The minimum absolute atomic E-state index is 0.172. The van der Waals surface area contributed by atoms with E-state index in [1.165, 1.54) is 0 Å². The molecular weight excluding hydrogens is 292 g/mol. The Hall–Kier alpha value is -0.280. The van der Waals surface area contributed by atoms with Gasteiger partial charge in [-0.15, -0.1) is 0 Å². The smallest absolute Gasteiger partial charge is 0.111 e. The van der Waals surface area contributed by atoms with E-state index in [1.54, 1.807) is 20.8 Å². The Bertz CT molecular complexity index is 469. The average molecular weight is 318 g/mol. The lowest BCUT2D eigenvalue weighted by atomic mass is 9.47. The van der Waals surface area contributed by atoms with E-state index in [1.807, 2.05) is 0 Å². The summed E-state index contributed by atoms with van der Waals surface area (Å²) in [4.78, 5) is 0. The van der Waals surface area contributed by atoms with E-state index in [4.69, 9.17) is 4.74 Å². The zero-order valence-electron chi connectivity index (χ0n) is 13.0. The van der Waals surface area contributed by atoms with Gasteiger partial charge in [-0.3, -0.25) is 0 Å². The molecule has 0 aromatic heterocycles. The van der Waals surface area contributed by atoms with Crippen molar-refractivity contribution in [1.82, 2.24) is 0 Å². The minimum atomic E-state index is -1.74. The first kappa shape index (κ1) is 16.6. The van der Waals surface area contributed by atoms with Crippen molar-refractivity contribution >= 4 is 0 Å². The highest BCUT2D eigenvalue weighted by molar-refractivity contribution is 5.28. The quantitative estimate of drug-likeness (QED) is 0.329.